The molecule has 0 spiro atoms. The van der Waals surface area contributed by atoms with Gasteiger partial charge in [-0.25, -0.2) is 0 Å². The fourth-order valence-electron chi connectivity index (χ4n) is 3.14. The van der Waals surface area contributed by atoms with Gasteiger partial charge in [0.2, 0.25) is 5.91 Å². The molecule has 18 heavy (non-hydrogen) atoms. The summed E-state index contributed by atoms with van der Waals surface area (Å²) in [7, 11) is 0. The summed E-state index contributed by atoms with van der Waals surface area (Å²) in [5.74, 6) is 0.653. The molecule has 0 radical (unpaired) electrons. The molecule has 1 aliphatic carbocycles. The Kier molecular flexibility index (Phi) is 5.89. The molecule has 1 heterocycles. The van der Waals surface area contributed by atoms with Crippen molar-refractivity contribution in [3.63, 3.8) is 0 Å². The molecule has 0 bridgehead atoms. The highest BCUT2D eigenvalue weighted by Gasteiger charge is 2.33. The minimum atomic E-state index is 0. The van der Waals surface area contributed by atoms with Crippen molar-refractivity contribution in [1.82, 2.24) is 4.90 Å². The summed E-state index contributed by atoms with van der Waals surface area (Å²) in [6.07, 6.45) is 3.98. The molecule has 4 atom stereocenters. The quantitative estimate of drug-likeness (QED) is 0.833. The van der Waals surface area contributed by atoms with Gasteiger partial charge in [0.25, 0.3) is 0 Å². The third-order valence-electron chi connectivity index (χ3n) is 4.11. The Morgan fingerprint density at radius 3 is 2.39 bits per heavy atom. The first-order chi connectivity index (χ1) is 8.09. The van der Waals surface area contributed by atoms with Crippen molar-refractivity contribution in [2.75, 3.05) is 13.2 Å². The molecule has 1 amide bonds. The molecule has 106 valence electrons. The van der Waals surface area contributed by atoms with E-state index in [1.54, 1.807) is 0 Å². The molecule has 2 N–H and O–H groups in total. The summed E-state index contributed by atoms with van der Waals surface area (Å²) in [6.45, 7) is 5.43. The van der Waals surface area contributed by atoms with E-state index in [1.807, 2.05) is 4.90 Å². The second-order valence-corrected chi connectivity index (χ2v) is 5.60. The van der Waals surface area contributed by atoms with Crippen LogP contribution in [0, 0.1) is 5.92 Å². The fraction of sp³-hybridized carbons (Fsp3) is 0.923. The maximum atomic E-state index is 12.3. The Bertz CT molecular complexity index is 278. The number of hydrogen-bond acceptors (Lipinski definition) is 3. The predicted molar refractivity (Wildman–Crippen MR) is 73.8 cm³/mol. The van der Waals surface area contributed by atoms with Crippen LogP contribution in [-0.4, -0.2) is 42.1 Å². The lowest BCUT2D eigenvalue weighted by molar-refractivity contribution is -0.145. The molecule has 4 nitrogen and oxygen atoms in total. The van der Waals surface area contributed by atoms with Gasteiger partial charge >= 0.3 is 0 Å². The van der Waals surface area contributed by atoms with Gasteiger partial charge in [-0.05, 0) is 32.6 Å². The number of halogens is 1. The van der Waals surface area contributed by atoms with Gasteiger partial charge in [-0.1, -0.05) is 6.42 Å². The number of hydrogen-bond donors (Lipinski definition) is 1. The number of carbonyl (C=O) groups excluding carboxylic acids is 1. The molecule has 2 fully saturated rings. The van der Waals surface area contributed by atoms with Crippen LogP contribution >= 0.6 is 12.4 Å². The molecular formula is C13H25ClN2O2. The average Bonchev–Trinajstić information content (AvgIpc) is 2.64. The Morgan fingerprint density at radius 2 is 1.89 bits per heavy atom. The van der Waals surface area contributed by atoms with Gasteiger partial charge in [0.1, 0.15) is 0 Å². The minimum absolute atomic E-state index is 0. The van der Waals surface area contributed by atoms with Gasteiger partial charge < -0.3 is 15.4 Å². The Hall–Kier alpha value is -0.320. The highest BCUT2D eigenvalue weighted by atomic mass is 35.5. The van der Waals surface area contributed by atoms with Crippen molar-refractivity contribution in [1.29, 1.82) is 0 Å². The topological polar surface area (TPSA) is 55.6 Å². The van der Waals surface area contributed by atoms with Gasteiger partial charge in [0.15, 0.2) is 0 Å². The number of ether oxygens (including phenoxy) is 1. The summed E-state index contributed by atoms with van der Waals surface area (Å²) in [4.78, 5) is 14.3. The molecule has 1 aliphatic heterocycles. The molecule has 1 saturated carbocycles. The van der Waals surface area contributed by atoms with E-state index in [4.69, 9.17) is 10.5 Å². The summed E-state index contributed by atoms with van der Waals surface area (Å²) in [6, 6.07) is 0.623. The number of nitrogens with two attached hydrogens (primary N) is 1. The van der Waals surface area contributed by atoms with Crippen LogP contribution in [0.15, 0.2) is 0 Å². The second kappa shape index (κ2) is 6.73. The van der Waals surface area contributed by atoms with Crippen molar-refractivity contribution in [2.45, 2.75) is 57.7 Å². The summed E-state index contributed by atoms with van der Waals surface area (Å²) < 4.78 is 5.45. The maximum absolute atomic E-state index is 12.3. The van der Waals surface area contributed by atoms with Gasteiger partial charge in [-0.15, -0.1) is 12.4 Å². The molecule has 0 aromatic rings. The van der Waals surface area contributed by atoms with E-state index in [0.29, 0.717) is 25.6 Å². The third kappa shape index (κ3) is 3.37. The van der Waals surface area contributed by atoms with Gasteiger partial charge in [0, 0.05) is 12.5 Å². The smallest absolute Gasteiger partial charge is 0.223 e. The van der Waals surface area contributed by atoms with Crippen molar-refractivity contribution >= 4 is 18.3 Å². The van der Waals surface area contributed by atoms with Gasteiger partial charge in [-0.3, -0.25) is 4.79 Å². The average molecular weight is 277 g/mol. The van der Waals surface area contributed by atoms with Crippen molar-refractivity contribution in [3.8, 4) is 0 Å². The minimum Gasteiger partial charge on any atom is -0.377 e. The van der Waals surface area contributed by atoms with E-state index in [0.717, 1.165) is 12.8 Å². The normalized spacial score (nSPS) is 36.3. The first kappa shape index (κ1) is 15.7. The Balaban J connectivity index is 0.00000162. The fourth-order valence-corrected chi connectivity index (χ4v) is 3.14. The van der Waals surface area contributed by atoms with Gasteiger partial charge in [0.05, 0.1) is 25.3 Å². The highest BCUT2D eigenvalue weighted by Crippen LogP contribution is 2.28. The molecule has 2 rings (SSSR count). The van der Waals surface area contributed by atoms with E-state index in [9.17, 15) is 4.79 Å². The van der Waals surface area contributed by atoms with Crippen LogP contribution in [0.4, 0.5) is 0 Å². The van der Waals surface area contributed by atoms with Crippen molar-refractivity contribution in [2.24, 2.45) is 11.7 Å². The van der Waals surface area contributed by atoms with Crippen LogP contribution in [-0.2, 0) is 9.53 Å². The highest BCUT2D eigenvalue weighted by molar-refractivity contribution is 5.85. The van der Waals surface area contributed by atoms with Crippen molar-refractivity contribution < 1.29 is 9.53 Å². The van der Waals surface area contributed by atoms with E-state index in [1.165, 1.54) is 6.42 Å². The SMILES string of the molecule is CC1COCC(C)N1C(=O)C[C@@H]1CCC[C@H]1N.Cl. The third-order valence-corrected chi connectivity index (χ3v) is 4.11. The molecule has 0 aromatic heterocycles. The predicted octanol–water partition coefficient (Wildman–Crippen LogP) is 1.56. The first-order valence-electron chi connectivity index (χ1n) is 6.74. The number of nitrogens with zero attached hydrogens (tertiary/aromatic N) is 1. The first-order valence-corrected chi connectivity index (χ1v) is 6.74. The molecule has 5 heteroatoms. The summed E-state index contributed by atoms with van der Waals surface area (Å²) >= 11 is 0. The van der Waals surface area contributed by atoms with Crippen LogP contribution in [0.25, 0.3) is 0 Å². The van der Waals surface area contributed by atoms with Crippen LogP contribution < -0.4 is 5.73 Å². The molecule has 2 unspecified atom stereocenters. The summed E-state index contributed by atoms with van der Waals surface area (Å²) in [5.41, 5.74) is 6.03. The maximum Gasteiger partial charge on any atom is 0.223 e. The van der Waals surface area contributed by atoms with E-state index in [-0.39, 0.29) is 36.4 Å². The second-order valence-electron chi connectivity index (χ2n) is 5.60. The lowest BCUT2D eigenvalue weighted by Crippen LogP contribution is -2.53. The van der Waals surface area contributed by atoms with E-state index < -0.39 is 0 Å². The number of rotatable bonds is 2. The van der Waals surface area contributed by atoms with Crippen molar-refractivity contribution in [3.05, 3.63) is 0 Å². The number of morpholine rings is 1. The zero-order chi connectivity index (χ0) is 12.4. The molecule has 2 aliphatic rings. The Morgan fingerprint density at radius 1 is 1.28 bits per heavy atom. The van der Waals surface area contributed by atoms with E-state index >= 15 is 0 Å². The molecular weight excluding hydrogens is 252 g/mol. The monoisotopic (exact) mass is 276 g/mol. The van der Waals surface area contributed by atoms with Crippen LogP contribution in [0.5, 0.6) is 0 Å². The number of carbonyl (C=O) groups is 1. The Labute approximate surface area is 116 Å². The standard InChI is InChI=1S/C13H24N2O2.ClH/c1-9-7-17-8-10(2)15(9)13(16)6-11-4-3-5-12(11)14;/h9-12H,3-8,14H2,1-2H3;1H/t9?,10?,11-,12+;/m0./s1. The lowest BCUT2D eigenvalue weighted by Gasteiger charge is -2.39. The van der Waals surface area contributed by atoms with E-state index in [2.05, 4.69) is 13.8 Å². The van der Waals surface area contributed by atoms with Gasteiger partial charge in [-0.2, -0.15) is 0 Å². The summed E-state index contributed by atoms with van der Waals surface area (Å²) in [5, 5.41) is 0. The zero-order valence-corrected chi connectivity index (χ0v) is 12.1. The van der Waals surface area contributed by atoms with Crippen LogP contribution in [0.3, 0.4) is 0 Å². The largest absolute Gasteiger partial charge is 0.377 e. The van der Waals surface area contributed by atoms with Crippen LogP contribution in [0.2, 0.25) is 0 Å². The molecule has 1 saturated heterocycles. The zero-order valence-electron chi connectivity index (χ0n) is 11.3. The van der Waals surface area contributed by atoms with Crippen LogP contribution in [0.1, 0.15) is 39.5 Å². The number of amides is 1. The molecule has 0 aromatic carbocycles. The lowest BCUT2D eigenvalue weighted by atomic mass is 9.98.